The molecule has 1 aromatic rings. The first-order valence-electron chi connectivity index (χ1n) is 2.64. The predicted octanol–water partition coefficient (Wildman–Crippen LogP) is -0.507. The van der Waals surface area contributed by atoms with Gasteiger partial charge in [0.15, 0.2) is 5.82 Å². The zero-order valence-corrected chi connectivity index (χ0v) is 5.42. The Hall–Kier alpha value is -1.26. The average molecular weight is 127 g/mol. The van der Waals surface area contributed by atoms with Gasteiger partial charge in [0.1, 0.15) is 0 Å². The number of hydrogen-bond acceptors (Lipinski definition) is 4. The fourth-order valence-electron chi connectivity index (χ4n) is 0.488. The van der Waals surface area contributed by atoms with Crippen LogP contribution in [0.5, 0.6) is 0 Å². The summed E-state index contributed by atoms with van der Waals surface area (Å²) in [7, 11) is 3.57. The van der Waals surface area contributed by atoms with E-state index in [1.54, 1.807) is 20.3 Å². The topological polar surface area (TPSA) is 54.8 Å². The van der Waals surface area contributed by atoms with E-state index in [4.69, 9.17) is 0 Å². The fraction of sp³-hybridized carbons (Fsp3) is 0.500. The molecule has 0 amide bonds. The van der Waals surface area contributed by atoms with E-state index in [1.165, 1.54) is 4.79 Å². The van der Waals surface area contributed by atoms with Crippen molar-refractivity contribution in [3.05, 3.63) is 6.20 Å². The number of rotatable bonds is 2. The largest absolute Gasteiger partial charge is 0.370 e. The molecular weight excluding hydrogens is 118 g/mol. The van der Waals surface area contributed by atoms with Crippen LogP contribution in [-0.4, -0.2) is 29.2 Å². The van der Waals surface area contributed by atoms with E-state index < -0.39 is 0 Å². The lowest BCUT2D eigenvalue weighted by Gasteiger charge is -1.91. The van der Waals surface area contributed by atoms with E-state index in [0.29, 0.717) is 0 Å². The van der Waals surface area contributed by atoms with E-state index in [0.717, 1.165) is 5.82 Å². The highest BCUT2D eigenvalue weighted by Crippen LogP contribution is 1.93. The molecule has 1 aromatic heterocycles. The van der Waals surface area contributed by atoms with Gasteiger partial charge in [0.25, 0.3) is 0 Å². The van der Waals surface area contributed by atoms with Crippen LogP contribution < -0.4 is 10.7 Å². The molecule has 0 unspecified atom stereocenters. The van der Waals surface area contributed by atoms with Gasteiger partial charge in [-0.15, -0.1) is 5.10 Å². The Bertz CT molecular complexity index is 162. The van der Waals surface area contributed by atoms with Gasteiger partial charge in [-0.1, -0.05) is 0 Å². The zero-order chi connectivity index (χ0) is 6.69. The maximum absolute atomic E-state index is 3.74. The van der Waals surface area contributed by atoms with E-state index >= 15 is 0 Å². The summed E-state index contributed by atoms with van der Waals surface area (Å²) in [5, 5.41) is 10.3. The van der Waals surface area contributed by atoms with Crippen molar-refractivity contribution in [2.45, 2.75) is 0 Å². The summed E-state index contributed by atoms with van der Waals surface area (Å²) in [5.74, 6) is 0.754. The van der Waals surface area contributed by atoms with Gasteiger partial charge in [-0.05, 0) is 5.21 Å². The lowest BCUT2D eigenvalue weighted by molar-refractivity contribution is 0.728. The van der Waals surface area contributed by atoms with E-state index in [9.17, 15) is 0 Å². The van der Waals surface area contributed by atoms with Crippen LogP contribution in [0.25, 0.3) is 0 Å². The number of hydrogen-bond donors (Lipinski definition) is 2. The Morgan fingerprint density at radius 1 is 1.56 bits per heavy atom. The molecule has 0 atom stereocenters. The number of nitrogens with zero attached hydrogens (tertiary/aromatic N) is 3. The summed E-state index contributed by atoms with van der Waals surface area (Å²) in [6.45, 7) is 0. The van der Waals surface area contributed by atoms with Crippen LogP contribution in [0, 0.1) is 0 Å². The van der Waals surface area contributed by atoms with Crippen LogP contribution in [-0.2, 0) is 0 Å². The molecule has 9 heavy (non-hydrogen) atoms. The highest BCUT2D eigenvalue weighted by atomic mass is 15.6. The van der Waals surface area contributed by atoms with Crippen LogP contribution >= 0.6 is 0 Å². The van der Waals surface area contributed by atoms with Crippen LogP contribution in [0.2, 0.25) is 0 Å². The second kappa shape index (κ2) is 2.34. The van der Waals surface area contributed by atoms with Crippen molar-refractivity contribution >= 4 is 5.82 Å². The Labute approximate surface area is 53.0 Å². The van der Waals surface area contributed by atoms with Gasteiger partial charge in [-0.25, -0.2) is 0 Å². The van der Waals surface area contributed by atoms with Crippen molar-refractivity contribution in [1.29, 1.82) is 0 Å². The second-order valence-corrected chi connectivity index (χ2v) is 1.52. The third-order valence-electron chi connectivity index (χ3n) is 0.979. The number of nitrogens with one attached hydrogen (secondary N) is 2. The van der Waals surface area contributed by atoms with E-state index in [-0.39, 0.29) is 0 Å². The summed E-state index contributed by atoms with van der Waals surface area (Å²) in [5.41, 5.74) is 2.78. The molecule has 5 nitrogen and oxygen atoms in total. The quantitative estimate of drug-likeness (QED) is 0.562. The first-order valence-corrected chi connectivity index (χ1v) is 2.64. The van der Waals surface area contributed by atoms with Crippen LogP contribution in [0.3, 0.4) is 0 Å². The van der Waals surface area contributed by atoms with Gasteiger partial charge in [-0.3, -0.25) is 0 Å². The Kier molecular flexibility index (Phi) is 1.53. The number of anilines is 1. The van der Waals surface area contributed by atoms with Crippen molar-refractivity contribution in [3.8, 4) is 0 Å². The van der Waals surface area contributed by atoms with Crippen LogP contribution in [0.15, 0.2) is 6.20 Å². The van der Waals surface area contributed by atoms with Crippen molar-refractivity contribution < 1.29 is 0 Å². The molecule has 0 bridgehead atoms. The Morgan fingerprint density at radius 3 is 2.67 bits per heavy atom. The summed E-state index contributed by atoms with van der Waals surface area (Å²) >= 11 is 0. The summed E-state index contributed by atoms with van der Waals surface area (Å²) < 4.78 is 0. The minimum atomic E-state index is 0.754. The first kappa shape index (κ1) is 5.87. The summed E-state index contributed by atoms with van der Waals surface area (Å²) in [4.78, 5) is 1.52. The SMILES string of the molecule is CNc1cn(NC)nn1. The highest BCUT2D eigenvalue weighted by Gasteiger charge is 1.91. The Morgan fingerprint density at radius 2 is 2.33 bits per heavy atom. The minimum Gasteiger partial charge on any atom is -0.370 e. The summed E-state index contributed by atoms with van der Waals surface area (Å²) in [6, 6.07) is 0. The molecule has 0 saturated heterocycles. The molecule has 0 aliphatic heterocycles. The number of aromatic nitrogens is 3. The smallest absolute Gasteiger partial charge is 0.170 e. The molecule has 0 spiro atoms. The molecule has 0 radical (unpaired) electrons. The van der Waals surface area contributed by atoms with Crippen LogP contribution in [0.1, 0.15) is 0 Å². The van der Waals surface area contributed by atoms with Gasteiger partial charge >= 0.3 is 0 Å². The lowest BCUT2D eigenvalue weighted by Crippen LogP contribution is -2.08. The van der Waals surface area contributed by atoms with Gasteiger partial charge in [0.05, 0.1) is 6.20 Å². The van der Waals surface area contributed by atoms with Crippen molar-refractivity contribution in [1.82, 2.24) is 15.1 Å². The zero-order valence-electron chi connectivity index (χ0n) is 5.42. The monoisotopic (exact) mass is 127 g/mol. The lowest BCUT2D eigenvalue weighted by atomic mass is 10.8. The predicted molar refractivity (Wildman–Crippen MR) is 34.9 cm³/mol. The maximum atomic E-state index is 3.74. The second-order valence-electron chi connectivity index (χ2n) is 1.52. The summed E-state index contributed by atoms with van der Waals surface area (Å²) in [6.07, 6.45) is 1.75. The molecule has 2 N–H and O–H groups in total. The molecule has 0 aliphatic carbocycles. The maximum Gasteiger partial charge on any atom is 0.170 e. The average Bonchev–Trinajstić information content (AvgIpc) is 2.34. The molecule has 0 aliphatic rings. The van der Waals surface area contributed by atoms with Gasteiger partial charge in [0.2, 0.25) is 0 Å². The highest BCUT2D eigenvalue weighted by molar-refractivity contribution is 5.27. The fourth-order valence-corrected chi connectivity index (χ4v) is 0.488. The minimum absolute atomic E-state index is 0.754. The normalized spacial score (nSPS) is 9.11. The van der Waals surface area contributed by atoms with Gasteiger partial charge < -0.3 is 10.7 Å². The molecule has 5 heteroatoms. The molecule has 0 saturated carbocycles. The van der Waals surface area contributed by atoms with Gasteiger partial charge in [-0.2, -0.15) is 4.79 Å². The van der Waals surface area contributed by atoms with E-state index in [2.05, 4.69) is 21.1 Å². The molecule has 1 rings (SSSR count). The molecule has 0 fully saturated rings. The van der Waals surface area contributed by atoms with Gasteiger partial charge in [0, 0.05) is 14.1 Å². The van der Waals surface area contributed by atoms with E-state index in [1.807, 2.05) is 0 Å². The standard InChI is InChI=1S/C4H9N5/c1-5-4-3-9(6-2)8-7-4/h3,5-6H,1-2H3. The first-order chi connectivity index (χ1) is 4.36. The third-order valence-corrected chi connectivity index (χ3v) is 0.979. The van der Waals surface area contributed by atoms with Crippen molar-refractivity contribution in [3.63, 3.8) is 0 Å². The molecule has 50 valence electrons. The molecule has 1 heterocycles. The van der Waals surface area contributed by atoms with Crippen molar-refractivity contribution in [2.24, 2.45) is 0 Å². The third kappa shape index (κ3) is 1.10. The van der Waals surface area contributed by atoms with Crippen molar-refractivity contribution in [2.75, 3.05) is 24.8 Å². The van der Waals surface area contributed by atoms with Crippen LogP contribution in [0.4, 0.5) is 5.82 Å². The molecule has 0 aromatic carbocycles. The Balaban J connectivity index is 2.74. The molecular formula is C4H9N5.